The molecule has 1 saturated heterocycles. The van der Waals surface area contributed by atoms with Crippen molar-refractivity contribution >= 4 is 17.2 Å². The summed E-state index contributed by atoms with van der Waals surface area (Å²) in [6, 6.07) is 11.4. The Labute approximate surface area is 146 Å². The van der Waals surface area contributed by atoms with Crippen molar-refractivity contribution in [2.24, 2.45) is 5.92 Å². The molecule has 25 heavy (non-hydrogen) atoms. The van der Waals surface area contributed by atoms with Crippen LogP contribution in [0.5, 0.6) is 0 Å². The van der Waals surface area contributed by atoms with Gasteiger partial charge in [0.25, 0.3) is 5.82 Å². The van der Waals surface area contributed by atoms with E-state index >= 15 is 0 Å². The van der Waals surface area contributed by atoms with E-state index < -0.39 is 4.92 Å². The molecule has 0 bridgehead atoms. The Morgan fingerprint density at radius 3 is 2.64 bits per heavy atom. The zero-order valence-electron chi connectivity index (χ0n) is 14.0. The van der Waals surface area contributed by atoms with Crippen molar-refractivity contribution in [2.45, 2.75) is 19.4 Å². The Bertz CT molecular complexity index is 713. The second-order valence-corrected chi connectivity index (χ2v) is 6.31. The molecule has 3 rings (SSSR count). The van der Waals surface area contributed by atoms with Crippen LogP contribution in [0.2, 0.25) is 0 Å². The molecule has 0 spiro atoms. The first-order chi connectivity index (χ1) is 12.2. The summed E-state index contributed by atoms with van der Waals surface area (Å²) >= 11 is 0. The van der Waals surface area contributed by atoms with E-state index in [4.69, 9.17) is 0 Å². The average Bonchev–Trinajstić information content (AvgIpc) is 2.67. The number of anilines is 2. The van der Waals surface area contributed by atoms with Gasteiger partial charge in [-0.25, -0.2) is 4.98 Å². The monoisotopic (exact) mass is 343 g/mol. The van der Waals surface area contributed by atoms with Gasteiger partial charge in [-0.05, 0) is 24.8 Å². The van der Waals surface area contributed by atoms with E-state index in [1.165, 1.54) is 23.5 Å². The van der Waals surface area contributed by atoms with Gasteiger partial charge in [0.05, 0.1) is 4.92 Å². The highest BCUT2D eigenvalue weighted by molar-refractivity contribution is 5.55. The molecule has 0 aliphatic carbocycles. The van der Waals surface area contributed by atoms with Crippen molar-refractivity contribution in [3.8, 4) is 0 Å². The van der Waals surface area contributed by atoms with Crippen LogP contribution in [0.15, 0.2) is 42.6 Å². The minimum Gasteiger partial charge on any atom is -0.396 e. The summed E-state index contributed by atoms with van der Waals surface area (Å²) < 4.78 is 0. The SMILES string of the molecule is O=[N+]([O-])c1ccc(NCc2ccccc2N2CCC(CO)CC2)[nH+]c1. The maximum atomic E-state index is 10.7. The molecule has 1 aromatic carbocycles. The molecule has 0 unspecified atom stereocenters. The number of pyridine rings is 1. The van der Waals surface area contributed by atoms with Crippen molar-refractivity contribution in [2.75, 3.05) is 29.9 Å². The summed E-state index contributed by atoms with van der Waals surface area (Å²) in [7, 11) is 0. The fraction of sp³-hybridized carbons (Fsp3) is 0.389. The first kappa shape index (κ1) is 17.2. The number of aliphatic hydroxyl groups excluding tert-OH is 1. The van der Waals surface area contributed by atoms with E-state index in [2.05, 4.69) is 27.3 Å². The minimum absolute atomic E-state index is 0.0395. The van der Waals surface area contributed by atoms with Gasteiger partial charge in [0.15, 0.2) is 6.20 Å². The Morgan fingerprint density at radius 1 is 1.24 bits per heavy atom. The molecular weight excluding hydrogens is 320 g/mol. The second kappa shape index (κ2) is 7.94. The number of nitro groups is 1. The quantitative estimate of drug-likeness (QED) is 0.620. The fourth-order valence-electron chi connectivity index (χ4n) is 3.16. The van der Waals surface area contributed by atoms with Crippen LogP contribution in [-0.4, -0.2) is 29.7 Å². The summed E-state index contributed by atoms with van der Waals surface area (Å²) in [6.45, 7) is 2.80. The number of hydrogen-bond acceptors (Lipinski definition) is 5. The molecule has 1 fully saturated rings. The third-order valence-electron chi connectivity index (χ3n) is 4.68. The van der Waals surface area contributed by atoms with Gasteiger partial charge in [-0.3, -0.25) is 15.4 Å². The first-order valence-electron chi connectivity index (χ1n) is 8.51. The number of nitrogens with one attached hydrogen (secondary N) is 2. The molecule has 2 aromatic rings. The van der Waals surface area contributed by atoms with E-state index in [0.29, 0.717) is 12.5 Å². The normalized spacial score (nSPS) is 15.2. The van der Waals surface area contributed by atoms with Gasteiger partial charge in [-0.1, -0.05) is 18.2 Å². The van der Waals surface area contributed by atoms with Crippen molar-refractivity contribution in [1.82, 2.24) is 0 Å². The van der Waals surface area contributed by atoms with Crippen LogP contribution < -0.4 is 15.2 Å². The zero-order valence-corrected chi connectivity index (χ0v) is 14.0. The third kappa shape index (κ3) is 4.24. The number of piperidine rings is 1. The topological polar surface area (TPSA) is 92.8 Å². The van der Waals surface area contributed by atoms with Crippen LogP contribution in [0.1, 0.15) is 18.4 Å². The molecular formula is C18H23N4O3+. The van der Waals surface area contributed by atoms with Crippen LogP contribution in [0.4, 0.5) is 17.2 Å². The number of H-pyrrole nitrogens is 1. The van der Waals surface area contributed by atoms with Crippen LogP contribution in [0, 0.1) is 16.0 Å². The predicted molar refractivity (Wildman–Crippen MR) is 95.4 cm³/mol. The molecule has 132 valence electrons. The Balaban J connectivity index is 1.66. The van der Waals surface area contributed by atoms with E-state index in [1.807, 2.05) is 12.1 Å². The Kier molecular flexibility index (Phi) is 5.45. The largest absolute Gasteiger partial charge is 0.396 e. The Morgan fingerprint density at radius 2 is 2.00 bits per heavy atom. The number of para-hydroxylation sites is 1. The fourth-order valence-corrected chi connectivity index (χ4v) is 3.16. The van der Waals surface area contributed by atoms with Gasteiger partial charge >= 0.3 is 5.69 Å². The lowest BCUT2D eigenvalue weighted by Gasteiger charge is -2.34. The molecule has 7 heteroatoms. The average molecular weight is 343 g/mol. The van der Waals surface area contributed by atoms with Crippen LogP contribution in [0.3, 0.4) is 0 Å². The summed E-state index contributed by atoms with van der Waals surface area (Å²) in [6.07, 6.45) is 3.40. The van der Waals surface area contributed by atoms with Gasteiger partial charge in [0, 0.05) is 43.1 Å². The Hall–Kier alpha value is -2.67. The number of nitrogens with zero attached hydrogens (tertiary/aromatic N) is 2. The number of rotatable bonds is 6. The van der Waals surface area contributed by atoms with Crippen molar-refractivity contribution in [3.63, 3.8) is 0 Å². The van der Waals surface area contributed by atoms with Crippen molar-refractivity contribution in [1.29, 1.82) is 0 Å². The smallest absolute Gasteiger partial charge is 0.308 e. The molecule has 1 aliphatic heterocycles. The van der Waals surface area contributed by atoms with Gasteiger partial charge in [-0.2, -0.15) is 0 Å². The van der Waals surface area contributed by atoms with Gasteiger partial charge in [0.1, 0.15) is 6.54 Å². The summed E-state index contributed by atoms with van der Waals surface area (Å²) in [5.41, 5.74) is 2.42. The number of aromatic nitrogens is 1. The molecule has 3 N–H and O–H groups in total. The molecule has 1 aromatic heterocycles. The second-order valence-electron chi connectivity index (χ2n) is 6.31. The number of hydrogen-bond donors (Lipinski definition) is 2. The van der Waals surface area contributed by atoms with Crippen molar-refractivity contribution < 1.29 is 15.0 Å². The van der Waals surface area contributed by atoms with Gasteiger partial charge in [0.2, 0.25) is 0 Å². The molecule has 0 radical (unpaired) electrons. The number of aliphatic hydroxyl groups is 1. The molecule has 0 atom stereocenters. The third-order valence-corrected chi connectivity index (χ3v) is 4.68. The summed E-state index contributed by atoms with van der Waals surface area (Å²) in [4.78, 5) is 15.5. The summed E-state index contributed by atoms with van der Waals surface area (Å²) in [5, 5.41) is 23.3. The van der Waals surface area contributed by atoms with Crippen LogP contribution in [-0.2, 0) is 6.54 Å². The number of benzene rings is 1. The lowest BCUT2D eigenvalue weighted by molar-refractivity contribution is -0.413. The maximum Gasteiger partial charge on any atom is 0.308 e. The number of aromatic amines is 1. The maximum absolute atomic E-state index is 10.7. The molecule has 0 saturated carbocycles. The highest BCUT2D eigenvalue weighted by Crippen LogP contribution is 2.26. The predicted octanol–water partition coefficient (Wildman–Crippen LogP) is 2.23. The molecule has 7 nitrogen and oxygen atoms in total. The molecule has 0 amide bonds. The highest BCUT2D eigenvalue weighted by Gasteiger charge is 2.20. The van der Waals surface area contributed by atoms with Crippen molar-refractivity contribution in [3.05, 3.63) is 58.3 Å². The lowest BCUT2D eigenvalue weighted by atomic mass is 9.97. The highest BCUT2D eigenvalue weighted by atomic mass is 16.6. The molecule has 2 heterocycles. The van der Waals surface area contributed by atoms with E-state index in [9.17, 15) is 15.2 Å². The first-order valence-corrected chi connectivity index (χ1v) is 8.51. The van der Waals surface area contributed by atoms with Crippen LogP contribution in [0.25, 0.3) is 0 Å². The van der Waals surface area contributed by atoms with E-state index in [0.717, 1.165) is 31.7 Å². The van der Waals surface area contributed by atoms with Crippen LogP contribution >= 0.6 is 0 Å². The summed E-state index contributed by atoms with van der Waals surface area (Å²) in [5.74, 6) is 1.15. The van der Waals surface area contributed by atoms with Gasteiger partial charge in [-0.15, -0.1) is 0 Å². The molecule has 1 aliphatic rings. The van der Waals surface area contributed by atoms with Gasteiger partial charge < -0.3 is 10.0 Å². The lowest BCUT2D eigenvalue weighted by Crippen LogP contribution is -2.35. The minimum atomic E-state index is -0.425. The zero-order chi connectivity index (χ0) is 17.6. The van der Waals surface area contributed by atoms with E-state index in [-0.39, 0.29) is 12.3 Å². The standard InChI is InChI=1S/C18H22N4O3/c23-13-14-7-9-21(10-8-14)17-4-2-1-3-15(17)11-19-18-6-5-16(12-20-18)22(24)25/h1-6,12,14,23H,7-11,13H2,(H,19,20)/p+1. The van der Waals surface area contributed by atoms with E-state index in [1.54, 1.807) is 6.07 Å².